The molecule has 66 valence electrons. The fourth-order valence-corrected chi connectivity index (χ4v) is 1.19. The number of nitrogens with two attached hydrogens (primary N) is 1. The Kier molecular flexibility index (Phi) is 1.66. The van der Waals surface area contributed by atoms with Crippen molar-refractivity contribution in [2.45, 2.75) is 0 Å². The lowest BCUT2D eigenvalue weighted by molar-refractivity contribution is 1.19. The van der Waals surface area contributed by atoms with E-state index in [0.717, 1.165) is 11.3 Å². The van der Waals surface area contributed by atoms with Crippen LogP contribution >= 0.6 is 0 Å². The van der Waals surface area contributed by atoms with Crippen molar-refractivity contribution >= 4 is 5.69 Å². The number of aromatic nitrogens is 2. The van der Waals surface area contributed by atoms with Gasteiger partial charge in [0.05, 0.1) is 5.69 Å². The summed E-state index contributed by atoms with van der Waals surface area (Å²) >= 11 is 0. The Bertz CT molecular complexity index is 469. The molecule has 0 atom stereocenters. The molecule has 13 heavy (non-hydrogen) atoms. The zero-order chi connectivity index (χ0) is 9.26. The van der Waals surface area contributed by atoms with Gasteiger partial charge in [-0.15, -0.1) is 0 Å². The molecule has 0 aliphatic rings. The molecule has 0 bridgehead atoms. The molecule has 0 amide bonds. The van der Waals surface area contributed by atoms with Gasteiger partial charge in [0.2, 0.25) is 0 Å². The Morgan fingerprint density at radius 1 is 1.31 bits per heavy atom. The molecule has 1 aromatic carbocycles. The Labute approximate surface area is 74.4 Å². The normalized spacial score (nSPS) is 10.2. The van der Waals surface area contributed by atoms with Crippen LogP contribution in [0.1, 0.15) is 0 Å². The van der Waals surface area contributed by atoms with Crippen molar-refractivity contribution in [3.63, 3.8) is 0 Å². The van der Waals surface area contributed by atoms with E-state index in [0.29, 0.717) is 5.69 Å². The highest BCUT2D eigenvalue weighted by atomic mass is 16.1. The second-order valence-corrected chi connectivity index (χ2v) is 2.78. The summed E-state index contributed by atoms with van der Waals surface area (Å²) in [5, 5.41) is 0. The van der Waals surface area contributed by atoms with E-state index in [1.165, 1.54) is 0 Å². The monoisotopic (exact) mass is 175 g/mol. The van der Waals surface area contributed by atoms with Crippen LogP contribution < -0.4 is 11.4 Å². The van der Waals surface area contributed by atoms with Gasteiger partial charge in [-0.1, -0.05) is 12.1 Å². The maximum atomic E-state index is 10.8. The number of aromatic amines is 2. The third-order valence-electron chi connectivity index (χ3n) is 1.79. The predicted molar refractivity (Wildman–Crippen MR) is 51.3 cm³/mol. The van der Waals surface area contributed by atoms with Crippen molar-refractivity contribution in [1.82, 2.24) is 9.97 Å². The molecule has 4 N–H and O–H groups in total. The molecule has 0 spiro atoms. The minimum atomic E-state index is -0.211. The fourth-order valence-electron chi connectivity index (χ4n) is 1.19. The van der Waals surface area contributed by atoms with Crippen LogP contribution in [0.4, 0.5) is 5.69 Å². The maximum Gasteiger partial charge on any atom is 0.323 e. The summed E-state index contributed by atoms with van der Waals surface area (Å²) in [5.41, 5.74) is 7.72. The van der Waals surface area contributed by atoms with E-state index in [-0.39, 0.29) is 5.69 Å². The van der Waals surface area contributed by atoms with Gasteiger partial charge in [-0.2, -0.15) is 0 Å². The number of hydrogen-bond donors (Lipinski definition) is 3. The molecule has 4 heteroatoms. The molecule has 0 radical (unpaired) electrons. The van der Waals surface area contributed by atoms with Gasteiger partial charge >= 0.3 is 5.69 Å². The maximum absolute atomic E-state index is 10.8. The van der Waals surface area contributed by atoms with E-state index in [1.807, 2.05) is 12.1 Å². The highest BCUT2D eigenvalue weighted by Crippen LogP contribution is 2.16. The molecule has 0 unspecified atom stereocenters. The average molecular weight is 175 g/mol. The van der Waals surface area contributed by atoms with Crippen molar-refractivity contribution in [1.29, 1.82) is 0 Å². The molecule has 1 aromatic heterocycles. The van der Waals surface area contributed by atoms with Crippen LogP contribution in [0.5, 0.6) is 0 Å². The second-order valence-electron chi connectivity index (χ2n) is 2.78. The van der Waals surface area contributed by atoms with Crippen LogP contribution in [0.2, 0.25) is 0 Å². The van der Waals surface area contributed by atoms with E-state index < -0.39 is 0 Å². The number of benzene rings is 1. The van der Waals surface area contributed by atoms with Crippen molar-refractivity contribution in [3.8, 4) is 11.3 Å². The fraction of sp³-hybridized carbons (Fsp3) is 0. The summed E-state index contributed by atoms with van der Waals surface area (Å²) in [4.78, 5) is 16.0. The van der Waals surface area contributed by atoms with E-state index in [9.17, 15) is 4.79 Å². The van der Waals surface area contributed by atoms with Crippen LogP contribution in [0.25, 0.3) is 11.3 Å². The summed E-state index contributed by atoms with van der Waals surface area (Å²) in [6.45, 7) is 0. The number of nitrogens with one attached hydrogen (secondary N) is 2. The van der Waals surface area contributed by atoms with E-state index in [4.69, 9.17) is 5.73 Å². The second kappa shape index (κ2) is 2.82. The third kappa shape index (κ3) is 1.46. The molecule has 0 aliphatic carbocycles. The predicted octanol–water partition coefficient (Wildman–Crippen LogP) is 0.952. The summed E-state index contributed by atoms with van der Waals surface area (Å²) in [5.74, 6) is 0. The van der Waals surface area contributed by atoms with Crippen molar-refractivity contribution in [3.05, 3.63) is 40.9 Å². The van der Waals surface area contributed by atoms with Crippen LogP contribution in [0, 0.1) is 0 Å². The standard InChI is InChI=1S/C9H9N3O/c10-7-3-1-2-6(4-7)8-5-11-9(13)12-8/h1-5H,10H2,(H2,11,12,13). The number of H-pyrrole nitrogens is 2. The largest absolute Gasteiger partial charge is 0.399 e. The average Bonchev–Trinajstić information content (AvgIpc) is 2.52. The first-order valence-electron chi connectivity index (χ1n) is 3.89. The molecule has 1 heterocycles. The summed E-state index contributed by atoms with van der Waals surface area (Å²) in [7, 11) is 0. The minimum Gasteiger partial charge on any atom is -0.399 e. The van der Waals surface area contributed by atoms with Gasteiger partial charge < -0.3 is 15.7 Å². The first-order chi connectivity index (χ1) is 6.25. The molecule has 0 saturated heterocycles. The van der Waals surface area contributed by atoms with Crippen LogP contribution in [0.15, 0.2) is 35.3 Å². The van der Waals surface area contributed by atoms with Crippen molar-refractivity contribution < 1.29 is 0 Å². The molecule has 4 nitrogen and oxygen atoms in total. The van der Waals surface area contributed by atoms with Crippen LogP contribution in [-0.2, 0) is 0 Å². The highest BCUT2D eigenvalue weighted by Gasteiger charge is 1.99. The van der Waals surface area contributed by atoms with E-state index >= 15 is 0 Å². The Morgan fingerprint density at radius 3 is 2.77 bits per heavy atom. The molecular formula is C9H9N3O. The lowest BCUT2D eigenvalue weighted by atomic mass is 10.1. The molecule has 2 rings (SSSR count). The van der Waals surface area contributed by atoms with Gasteiger partial charge in [-0.25, -0.2) is 4.79 Å². The topological polar surface area (TPSA) is 74.7 Å². The number of anilines is 1. The van der Waals surface area contributed by atoms with Gasteiger partial charge in [0.1, 0.15) is 0 Å². The van der Waals surface area contributed by atoms with Gasteiger partial charge in [-0.3, -0.25) is 0 Å². The molecule has 2 aromatic rings. The lowest BCUT2D eigenvalue weighted by Gasteiger charge is -1.97. The SMILES string of the molecule is Nc1cccc(-c2c[nH]c(=O)[nH]2)c1. The Balaban J connectivity index is 2.52. The number of hydrogen-bond acceptors (Lipinski definition) is 2. The van der Waals surface area contributed by atoms with Gasteiger partial charge in [0, 0.05) is 17.4 Å². The molecule has 0 aliphatic heterocycles. The molecule has 0 saturated carbocycles. The summed E-state index contributed by atoms with van der Waals surface area (Å²) in [6, 6.07) is 7.33. The van der Waals surface area contributed by atoms with Crippen molar-refractivity contribution in [2.24, 2.45) is 0 Å². The van der Waals surface area contributed by atoms with Crippen LogP contribution in [0.3, 0.4) is 0 Å². The summed E-state index contributed by atoms with van der Waals surface area (Å²) in [6.07, 6.45) is 1.62. The van der Waals surface area contributed by atoms with E-state index in [2.05, 4.69) is 9.97 Å². The Morgan fingerprint density at radius 2 is 2.15 bits per heavy atom. The van der Waals surface area contributed by atoms with Gasteiger partial charge in [-0.05, 0) is 12.1 Å². The molecule has 0 fully saturated rings. The quantitative estimate of drug-likeness (QED) is 0.564. The van der Waals surface area contributed by atoms with E-state index in [1.54, 1.807) is 18.3 Å². The first kappa shape index (κ1) is 7.67. The number of imidazole rings is 1. The highest BCUT2D eigenvalue weighted by molar-refractivity contribution is 5.63. The third-order valence-corrected chi connectivity index (χ3v) is 1.79. The van der Waals surface area contributed by atoms with Gasteiger partial charge in [0.15, 0.2) is 0 Å². The zero-order valence-electron chi connectivity index (χ0n) is 6.87. The number of rotatable bonds is 1. The zero-order valence-corrected chi connectivity index (χ0v) is 6.87. The Hall–Kier alpha value is -1.97. The van der Waals surface area contributed by atoms with Crippen molar-refractivity contribution in [2.75, 3.05) is 5.73 Å². The first-order valence-corrected chi connectivity index (χ1v) is 3.89. The molecular weight excluding hydrogens is 166 g/mol. The smallest absolute Gasteiger partial charge is 0.323 e. The van der Waals surface area contributed by atoms with Crippen LogP contribution in [-0.4, -0.2) is 9.97 Å². The number of nitrogen functional groups attached to an aromatic ring is 1. The van der Waals surface area contributed by atoms with Gasteiger partial charge in [0.25, 0.3) is 0 Å². The minimum absolute atomic E-state index is 0.211. The summed E-state index contributed by atoms with van der Waals surface area (Å²) < 4.78 is 0. The lowest BCUT2D eigenvalue weighted by Crippen LogP contribution is -1.99.